The molecule has 5 nitrogen and oxygen atoms in total. The van der Waals surface area contributed by atoms with Crippen LogP contribution in [0.3, 0.4) is 0 Å². The van der Waals surface area contributed by atoms with Gasteiger partial charge in [0.05, 0.1) is 11.5 Å². The van der Waals surface area contributed by atoms with Gasteiger partial charge in [-0.1, -0.05) is 0 Å². The Morgan fingerprint density at radius 1 is 1.38 bits per heavy atom. The van der Waals surface area contributed by atoms with Crippen LogP contribution in [-0.4, -0.2) is 32.3 Å². The summed E-state index contributed by atoms with van der Waals surface area (Å²) in [5, 5.41) is 9.12. The average molecular weight is 317 g/mol. The third-order valence-electron chi connectivity index (χ3n) is 3.81. The highest BCUT2D eigenvalue weighted by molar-refractivity contribution is 7.89. The lowest BCUT2D eigenvalue weighted by Gasteiger charge is -2.34. The SMILES string of the molecule is Cc1c(F)cc(CO)cc1S(=O)(=O)NC1(C)CCOCC1. The van der Waals surface area contributed by atoms with E-state index in [-0.39, 0.29) is 16.0 Å². The molecule has 1 saturated heterocycles. The summed E-state index contributed by atoms with van der Waals surface area (Å²) in [4.78, 5) is -0.126. The van der Waals surface area contributed by atoms with E-state index in [1.165, 1.54) is 13.0 Å². The number of halogens is 1. The van der Waals surface area contributed by atoms with E-state index in [1.807, 2.05) is 6.92 Å². The van der Waals surface area contributed by atoms with Crippen molar-refractivity contribution < 1.29 is 22.7 Å². The van der Waals surface area contributed by atoms with Crippen molar-refractivity contribution in [1.82, 2.24) is 4.72 Å². The van der Waals surface area contributed by atoms with Crippen LogP contribution < -0.4 is 4.72 Å². The Labute approximate surface area is 124 Å². The monoisotopic (exact) mass is 317 g/mol. The highest BCUT2D eigenvalue weighted by Crippen LogP contribution is 2.26. The summed E-state index contributed by atoms with van der Waals surface area (Å²) < 4.78 is 46.8. The van der Waals surface area contributed by atoms with Crippen LogP contribution in [0.1, 0.15) is 30.9 Å². The van der Waals surface area contributed by atoms with Gasteiger partial charge in [-0.2, -0.15) is 0 Å². The first kappa shape index (κ1) is 16.4. The molecule has 0 amide bonds. The number of nitrogens with one attached hydrogen (secondary N) is 1. The fourth-order valence-electron chi connectivity index (χ4n) is 2.38. The van der Waals surface area contributed by atoms with Crippen molar-refractivity contribution in [2.45, 2.75) is 43.7 Å². The molecule has 0 saturated carbocycles. The molecular weight excluding hydrogens is 297 g/mol. The molecule has 118 valence electrons. The summed E-state index contributed by atoms with van der Waals surface area (Å²) in [6, 6.07) is 2.45. The maximum atomic E-state index is 13.8. The minimum Gasteiger partial charge on any atom is -0.392 e. The molecule has 1 aromatic carbocycles. The Hall–Kier alpha value is -1.02. The molecule has 0 radical (unpaired) electrons. The van der Waals surface area contributed by atoms with E-state index in [0.29, 0.717) is 26.1 Å². The van der Waals surface area contributed by atoms with Crippen molar-refractivity contribution in [2.24, 2.45) is 0 Å². The minimum atomic E-state index is -3.86. The number of ether oxygens (including phenoxy) is 1. The second-order valence-corrected chi connectivity index (χ2v) is 7.29. The molecule has 1 aliphatic heterocycles. The second kappa shape index (κ2) is 6.00. The number of hydrogen-bond donors (Lipinski definition) is 2. The third-order valence-corrected chi connectivity index (χ3v) is 5.57. The van der Waals surface area contributed by atoms with Gasteiger partial charge in [0, 0.05) is 24.3 Å². The Balaban J connectivity index is 2.37. The molecule has 1 fully saturated rings. The highest BCUT2D eigenvalue weighted by atomic mass is 32.2. The zero-order valence-corrected chi connectivity index (χ0v) is 13.0. The molecule has 1 heterocycles. The van der Waals surface area contributed by atoms with Crippen LogP contribution >= 0.6 is 0 Å². The zero-order valence-electron chi connectivity index (χ0n) is 12.1. The predicted molar refractivity (Wildman–Crippen MR) is 75.8 cm³/mol. The minimum absolute atomic E-state index is 0.0513. The number of rotatable bonds is 4. The summed E-state index contributed by atoms with van der Waals surface area (Å²) >= 11 is 0. The van der Waals surface area contributed by atoms with Crippen molar-refractivity contribution in [3.63, 3.8) is 0 Å². The van der Waals surface area contributed by atoms with Crippen LogP contribution in [0.5, 0.6) is 0 Å². The first-order valence-electron chi connectivity index (χ1n) is 6.79. The largest absolute Gasteiger partial charge is 0.392 e. The van der Waals surface area contributed by atoms with Gasteiger partial charge in [0.25, 0.3) is 0 Å². The second-order valence-electron chi connectivity index (χ2n) is 5.64. The molecule has 2 rings (SSSR count). The van der Waals surface area contributed by atoms with Gasteiger partial charge in [-0.15, -0.1) is 0 Å². The Morgan fingerprint density at radius 2 is 2.00 bits per heavy atom. The van der Waals surface area contributed by atoms with Crippen LogP contribution in [0.25, 0.3) is 0 Å². The molecule has 1 aromatic rings. The molecular formula is C14H20FNO4S. The van der Waals surface area contributed by atoms with E-state index in [9.17, 15) is 12.8 Å². The van der Waals surface area contributed by atoms with Gasteiger partial charge in [0.15, 0.2) is 0 Å². The van der Waals surface area contributed by atoms with Gasteiger partial charge in [-0.05, 0) is 44.4 Å². The Bertz CT molecular complexity index is 624. The molecule has 0 aromatic heterocycles. The molecule has 0 spiro atoms. The molecule has 0 aliphatic carbocycles. The van der Waals surface area contributed by atoms with Crippen molar-refractivity contribution in [2.75, 3.05) is 13.2 Å². The van der Waals surface area contributed by atoms with Gasteiger partial charge >= 0.3 is 0 Å². The molecule has 0 unspecified atom stereocenters. The molecule has 21 heavy (non-hydrogen) atoms. The number of benzene rings is 1. The lowest BCUT2D eigenvalue weighted by Crippen LogP contribution is -2.49. The van der Waals surface area contributed by atoms with E-state index < -0.39 is 28.0 Å². The summed E-state index contributed by atoms with van der Waals surface area (Å²) in [7, 11) is -3.86. The summed E-state index contributed by atoms with van der Waals surface area (Å²) in [6.07, 6.45) is 1.13. The van der Waals surface area contributed by atoms with Crippen molar-refractivity contribution >= 4 is 10.0 Å². The van der Waals surface area contributed by atoms with Gasteiger partial charge < -0.3 is 9.84 Å². The van der Waals surface area contributed by atoms with Crippen molar-refractivity contribution in [3.8, 4) is 0 Å². The smallest absolute Gasteiger partial charge is 0.241 e. The first-order chi connectivity index (χ1) is 9.77. The zero-order chi connectivity index (χ0) is 15.7. The average Bonchev–Trinajstić information content (AvgIpc) is 2.41. The Kier molecular flexibility index (Phi) is 4.67. The summed E-state index contributed by atoms with van der Waals surface area (Å²) in [5.74, 6) is -0.640. The lowest BCUT2D eigenvalue weighted by atomic mass is 9.94. The summed E-state index contributed by atoms with van der Waals surface area (Å²) in [5.41, 5.74) is -0.319. The highest BCUT2D eigenvalue weighted by Gasteiger charge is 2.33. The van der Waals surface area contributed by atoms with Gasteiger partial charge in [0.2, 0.25) is 10.0 Å². The van der Waals surface area contributed by atoms with Crippen LogP contribution in [0, 0.1) is 12.7 Å². The van der Waals surface area contributed by atoms with Crippen LogP contribution in [0.2, 0.25) is 0 Å². The van der Waals surface area contributed by atoms with E-state index in [4.69, 9.17) is 9.84 Å². The molecule has 2 N–H and O–H groups in total. The number of aliphatic hydroxyl groups excluding tert-OH is 1. The van der Waals surface area contributed by atoms with E-state index in [2.05, 4.69) is 4.72 Å². The standard InChI is InChI=1S/C14H20FNO4S/c1-10-12(15)7-11(9-17)8-13(10)21(18,19)16-14(2)3-5-20-6-4-14/h7-8,16-17H,3-6,9H2,1-2H3. The number of sulfonamides is 1. The fraction of sp³-hybridized carbons (Fsp3) is 0.571. The first-order valence-corrected chi connectivity index (χ1v) is 8.27. The van der Waals surface area contributed by atoms with Crippen LogP contribution in [0.15, 0.2) is 17.0 Å². The van der Waals surface area contributed by atoms with Crippen LogP contribution in [-0.2, 0) is 21.4 Å². The molecule has 0 bridgehead atoms. The van der Waals surface area contributed by atoms with Gasteiger partial charge in [-0.25, -0.2) is 17.5 Å². The molecule has 7 heteroatoms. The summed E-state index contributed by atoms with van der Waals surface area (Å²) in [6.45, 7) is 3.79. The third kappa shape index (κ3) is 3.60. The normalized spacial score (nSPS) is 18.7. The fourth-order valence-corrected chi connectivity index (χ4v) is 4.15. The van der Waals surface area contributed by atoms with E-state index in [0.717, 1.165) is 6.07 Å². The number of aliphatic hydroxyl groups is 1. The number of hydrogen-bond acceptors (Lipinski definition) is 4. The van der Waals surface area contributed by atoms with Gasteiger partial charge in [0.1, 0.15) is 5.82 Å². The maximum Gasteiger partial charge on any atom is 0.241 e. The molecule has 1 aliphatic rings. The molecule has 0 atom stereocenters. The van der Waals surface area contributed by atoms with E-state index in [1.54, 1.807) is 0 Å². The van der Waals surface area contributed by atoms with Gasteiger partial charge in [-0.3, -0.25) is 0 Å². The van der Waals surface area contributed by atoms with E-state index >= 15 is 0 Å². The van der Waals surface area contributed by atoms with Crippen molar-refractivity contribution in [3.05, 3.63) is 29.1 Å². The van der Waals surface area contributed by atoms with Crippen molar-refractivity contribution in [1.29, 1.82) is 0 Å². The predicted octanol–water partition coefficient (Wildman–Crippen LogP) is 1.47. The quantitative estimate of drug-likeness (QED) is 0.882. The lowest BCUT2D eigenvalue weighted by molar-refractivity contribution is 0.0537. The maximum absolute atomic E-state index is 13.8. The van der Waals surface area contributed by atoms with Crippen LogP contribution in [0.4, 0.5) is 4.39 Å². The topological polar surface area (TPSA) is 75.6 Å². The Morgan fingerprint density at radius 3 is 2.57 bits per heavy atom.